The molecule has 5 nitrogen and oxygen atoms in total. The quantitative estimate of drug-likeness (QED) is 0.865. The third-order valence-electron chi connectivity index (χ3n) is 3.17. The van der Waals surface area contributed by atoms with Crippen molar-refractivity contribution in [3.8, 4) is 0 Å². The molecule has 0 fully saturated rings. The van der Waals surface area contributed by atoms with Crippen molar-refractivity contribution in [1.29, 1.82) is 0 Å². The minimum absolute atomic E-state index is 0.0552. The van der Waals surface area contributed by atoms with Crippen LogP contribution >= 0.6 is 0 Å². The monoisotopic (exact) mass is 302 g/mol. The maximum absolute atomic E-state index is 13.7. The Morgan fingerprint density at radius 2 is 2.05 bits per heavy atom. The molecule has 0 aromatic heterocycles. The lowest BCUT2D eigenvalue weighted by Crippen LogP contribution is -2.28. The van der Waals surface area contributed by atoms with Gasteiger partial charge in [-0.15, -0.1) is 0 Å². The Bertz CT molecular complexity index is 614. The fraction of sp³-hybridized carbons (Fsp3) is 0.462. The third kappa shape index (κ3) is 4.01. The Morgan fingerprint density at radius 1 is 1.45 bits per heavy atom. The van der Waals surface area contributed by atoms with Gasteiger partial charge in [0.25, 0.3) is 5.91 Å². The van der Waals surface area contributed by atoms with Crippen molar-refractivity contribution in [1.82, 2.24) is 5.32 Å². The summed E-state index contributed by atoms with van der Waals surface area (Å²) in [4.78, 5) is 11.5. The van der Waals surface area contributed by atoms with E-state index in [1.54, 1.807) is 0 Å². The molecule has 1 amide bonds. The number of carbonyl (C=O) groups is 1. The van der Waals surface area contributed by atoms with Gasteiger partial charge in [0.05, 0.1) is 4.90 Å². The van der Waals surface area contributed by atoms with Gasteiger partial charge in [0, 0.05) is 17.7 Å². The van der Waals surface area contributed by atoms with Crippen LogP contribution in [-0.2, 0) is 10.0 Å². The van der Waals surface area contributed by atoms with Gasteiger partial charge in [-0.3, -0.25) is 4.79 Å². The number of amides is 1. The van der Waals surface area contributed by atoms with E-state index in [9.17, 15) is 17.6 Å². The van der Waals surface area contributed by atoms with Crippen LogP contribution in [0.15, 0.2) is 17.0 Å². The van der Waals surface area contributed by atoms with Crippen molar-refractivity contribution in [2.24, 2.45) is 11.1 Å². The molecule has 112 valence electrons. The Labute approximate surface area is 118 Å². The van der Waals surface area contributed by atoms with Crippen LogP contribution in [-0.4, -0.2) is 20.9 Å². The van der Waals surface area contributed by atoms with Gasteiger partial charge in [0.15, 0.2) is 0 Å². The largest absolute Gasteiger partial charge is 0.352 e. The van der Waals surface area contributed by atoms with Gasteiger partial charge in [-0.1, -0.05) is 20.3 Å². The maximum Gasteiger partial charge on any atom is 0.251 e. The normalized spacial score (nSPS) is 13.1. The van der Waals surface area contributed by atoms with Crippen LogP contribution in [0.2, 0.25) is 0 Å². The lowest BCUT2D eigenvalue weighted by molar-refractivity contribution is 0.0947. The fourth-order valence-electron chi connectivity index (χ4n) is 1.59. The van der Waals surface area contributed by atoms with E-state index < -0.39 is 21.7 Å². The second-order valence-electron chi connectivity index (χ2n) is 4.85. The minimum atomic E-state index is -4.07. The number of primary sulfonamides is 1. The van der Waals surface area contributed by atoms with Crippen LogP contribution in [0, 0.1) is 18.7 Å². The zero-order valence-corrected chi connectivity index (χ0v) is 12.6. The molecular weight excluding hydrogens is 283 g/mol. The lowest BCUT2D eigenvalue weighted by atomic mass is 10.1. The Hall–Kier alpha value is -1.47. The molecule has 1 aromatic rings. The third-order valence-corrected chi connectivity index (χ3v) is 4.21. The average Bonchev–Trinajstić information content (AvgIpc) is 2.36. The lowest BCUT2D eigenvalue weighted by Gasteiger charge is -2.12. The molecule has 0 aliphatic rings. The van der Waals surface area contributed by atoms with Crippen molar-refractivity contribution >= 4 is 15.9 Å². The molecule has 1 rings (SSSR count). The predicted molar refractivity (Wildman–Crippen MR) is 74.3 cm³/mol. The van der Waals surface area contributed by atoms with E-state index in [0.717, 1.165) is 18.6 Å². The van der Waals surface area contributed by atoms with Gasteiger partial charge in [-0.2, -0.15) is 0 Å². The second-order valence-corrected chi connectivity index (χ2v) is 6.38. The van der Waals surface area contributed by atoms with E-state index >= 15 is 0 Å². The summed E-state index contributed by atoms with van der Waals surface area (Å²) in [6.07, 6.45) is 0.894. The molecule has 3 N–H and O–H groups in total. The van der Waals surface area contributed by atoms with Crippen LogP contribution in [0.3, 0.4) is 0 Å². The molecule has 0 aliphatic heterocycles. The number of nitrogens with two attached hydrogens (primary N) is 1. The molecular formula is C13H19FN2O3S. The van der Waals surface area contributed by atoms with Crippen LogP contribution in [0.1, 0.15) is 36.2 Å². The van der Waals surface area contributed by atoms with Crippen molar-refractivity contribution in [2.75, 3.05) is 6.54 Å². The molecule has 0 saturated carbocycles. The standard InChI is InChI=1S/C13H19FN2O3S/c1-4-8(2)7-16-13(17)10-5-11(14)9(3)12(6-10)20(15,18)19/h5-6,8H,4,7H2,1-3H3,(H,16,17)(H2,15,18,19). The van der Waals surface area contributed by atoms with Gasteiger partial charge < -0.3 is 5.32 Å². The molecule has 0 bridgehead atoms. The van der Waals surface area contributed by atoms with Crippen LogP contribution in [0.4, 0.5) is 4.39 Å². The number of halogens is 1. The topological polar surface area (TPSA) is 89.3 Å². The highest BCUT2D eigenvalue weighted by Crippen LogP contribution is 2.19. The number of sulfonamides is 1. The van der Waals surface area contributed by atoms with Crippen LogP contribution < -0.4 is 10.5 Å². The molecule has 1 unspecified atom stereocenters. The first-order valence-electron chi connectivity index (χ1n) is 6.28. The molecule has 0 heterocycles. The zero-order chi connectivity index (χ0) is 15.5. The molecule has 0 spiro atoms. The molecule has 7 heteroatoms. The van der Waals surface area contributed by atoms with E-state index in [-0.39, 0.29) is 21.9 Å². The van der Waals surface area contributed by atoms with Crippen molar-refractivity contribution in [3.63, 3.8) is 0 Å². The summed E-state index contributed by atoms with van der Waals surface area (Å²) < 4.78 is 36.4. The van der Waals surface area contributed by atoms with E-state index in [1.807, 2.05) is 13.8 Å². The molecule has 1 aromatic carbocycles. The molecule has 0 aliphatic carbocycles. The summed E-state index contributed by atoms with van der Waals surface area (Å²) in [6.45, 7) is 5.69. The summed E-state index contributed by atoms with van der Waals surface area (Å²) >= 11 is 0. The van der Waals surface area contributed by atoms with Crippen LogP contribution in [0.25, 0.3) is 0 Å². The first kappa shape index (κ1) is 16.6. The number of benzene rings is 1. The number of nitrogens with one attached hydrogen (secondary N) is 1. The average molecular weight is 302 g/mol. The number of hydrogen-bond donors (Lipinski definition) is 2. The van der Waals surface area contributed by atoms with E-state index in [2.05, 4.69) is 5.32 Å². The van der Waals surface area contributed by atoms with Gasteiger partial charge in [-0.25, -0.2) is 17.9 Å². The number of hydrogen-bond acceptors (Lipinski definition) is 3. The highest BCUT2D eigenvalue weighted by Gasteiger charge is 2.19. The maximum atomic E-state index is 13.7. The van der Waals surface area contributed by atoms with Gasteiger partial charge in [0.2, 0.25) is 10.0 Å². The Kier molecular flexibility index (Phi) is 5.24. The summed E-state index contributed by atoms with van der Waals surface area (Å²) in [5.74, 6) is -1.01. The first-order valence-corrected chi connectivity index (χ1v) is 7.82. The second kappa shape index (κ2) is 6.32. The number of rotatable bonds is 5. The highest BCUT2D eigenvalue weighted by atomic mass is 32.2. The van der Waals surface area contributed by atoms with Crippen molar-refractivity contribution in [3.05, 3.63) is 29.1 Å². The molecule has 0 saturated heterocycles. The van der Waals surface area contributed by atoms with Crippen molar-refractivity contribution in [2.45, 2.75) is 32.1 Å². The first-order chi connectivity index (χ1) is 9.16. The van der Waals surface area contributed by atoms with Gasteiger partial charge in [-0.05, 0) is 25.0 Å². The van der Waals surface area contributed by atoms with Crippen LogP contribution in [0.5, 0.6) is 0 Å². The van der Waals surface area contributed by atoms with E-state index in [0.29, 0.717) is 6.54 Å². The zero-order valence-electron chi connectivity index (χ0n) is 11.7. The minimum Gasteiger partial charge on any atom is -0.352 e. The number of carbonyl (C=O) groups excluding carboxylic acids is 1. The molecule has 0 radical (unpaired) electrons. The van der Waals surface area contributed by atoms with E-state index in [1.165, 1.54) is 6.92 Å². The van der Waals surface area contributed by atoms with Gasteiger partial charge >= 0.3 is 0 Å². The highest BCUT2D eigenvalue weighted by molar-refractivity contribution is 7.89. The Morgan fingerprint density at radius 3 is 2.55 bits per heavy atom. The Balaban J connectivity index is 3.09. The predicted octanol–water partition coefficient (Wildman–Crippen LogP) is 1.56. The van der Waals surface area contributed by atoms with E-state index in [4.69, 9.17) is 5.14 Å². The summed E-state index contributed by atoms with van der Waals surface area (Å²) in [7, 11) is -4.07. The smallest absolute Gasteiger partial charge is 0.251 e. The molecule has 20 heavy (non-hydrogen) atoms. The SMILES string of the molecule is CCC(C)CNC(=O)c1cc(F)c(C)c(S(N)(=O)=O)c1. The summed E-state index contributed by atoms with van der Waals surface area (Å²) in [5, 5.41) is 7.65. The van der Waals surface area contributed by atoms with Gasteiger partial charge in [0.1, 0.15) is 5.82 Å². The summed E-state index contributed by atoms with van der Waals surface area (Å²) in [6, 6.07) is 2.11. The van der Waals surface area contributed by atoms with Crippen molar-refractivity contribution < 1.29 is 17.6 Å². The summed E-state index contributed by atoms with van der Waals surface area (Å²) in [5.41, 5.74) is -0.147. The molecule has 1 atom stereocenters. The fourth-order valence-corrected chi connectivity index (χ4v) is 2.41.